The summed E-state index contributed by atoms with van der Waals surface area (Å²) >= 11 is 0. The van der Waals surface area contributed by atoms with E-state index in [1.807, 2.05) is 25.1 Å². The Kier molecular flexibility index (Phi) is 9.28. The molecule has 0 saturated heterocycles. The minimum atomic E-state index is -0.505. The minimum absolute atomic E-state index is 0.0265. The van der Waals surface area contributed by atoms with Gasteiger partial charge in [0.2, 0.25) is 0 Å². The van der Waals surface area contributed by atoms with E-state index >= 15 is 0 Å². The summed E-state index contributed by atoms with van der Waals surface area (Å²) in [5.74, 6) is 1.21. The van der Waals surface area contributed by atoms with Crippen molar-refractivity contribution in [3.63, 3.8) is 0 Å². The molecule has 8 heteroatoms. The van der Waals surface area contributed by atoms with E-state index < -0.39 is 5.92 Å². The van der Waals surface area contributed by atoms with Gasteiger partial charge in [-0.2, -0.15) is 0 Å². The Morgan fingerprint density at radius 3 is 2.14 bits per heavy atom. The van der Waals surface area contributed by atoms with Crippen molar-refractivity contribution in [2.45, 2.75) is 45.4 Å². The predicted octanol–water partition coefficient (Wildman–Crippen LogP) is 6.56. The number of anilines is 2. The van der Waals surface area contributed by atoms with Crippen LogP contribution in [0.25, 0.3) is 0 Å². The molecule has 1 amide bonds. The van der Waals surface area contributed by atoms with Crippen molar-refractivity contribution in [1.29, 1.82) is 0 Å². The van der Waals surface area contributed by atoms with Crippen molar-refractivity contribution in [3.05, 3.63) is 100 Å². The van der Waals surface area contributed by atoms with E-state index in [2.05, 4.69) is 53.6 Å². The van der Waals surface area contributed by atoms with Gasteiger partial charge < -0.3 is 29.7 Å². The maximum atomic E-state index is 14.1. The molecule has 0 saturated carbocycles. The van der Waals surface area contributed by atoms with Gasteiger partial charge in [0.15, 0.2) is 17.3 Å². The maximum Gasteiger partial charge on any atom is 0.254 e. The van der Waals surface area contributed by atoms with E-state index in [1.165, 1.54) is 0 Å². The first kappa shape index (κ1) is 30.7. The monoisotopic (exact) mass is 595 g/mol. The van der Waals surface area contributed by atoms with Crippen LogP contribution in [0, 0.1) is 0 Å². The van der Waals surface area contributed by atoms with E-state index in [9.17, 15) is 9.59 Å². The molecular formula is C36H41N3O5. The number of carbonyl (C=O) groups is 2. The molecule has 0 fully saturated rings. The van der Waals surface area contributed by atoms with Crippen molar-refractivity contribution in [1.82, 2.24) is 5.32 Å². The number of carbonyl (C=O) groups excluding carboxylic acids is 2. The Bertz CT molecular complexity index is 1590. The lowest BCUT2D eigenvalue weighted by Gasteiger charge is -2.37. The van der Waals surface area contributed by atoms with Crippen LogP contribution in [0.15, 0.2) is 89.3 Å². The largest absolute Gasteiger partial charge is 0.497 e. The van der Waals surface area contributed by atoms with Crippen molar-refractivity contribution in [3.8, 4) is 17.2 Å². The number of allylic oxidation sites excluding steroid dienone is 3. The van der Waals surface area contributed by atoms with Gasteiger partial charge in [-0.25, -0.2) is 0 Å². The van der Waals surface area contributed by atoms with Crippen LogP contribution < -0.4 is 29.7 Å². The van der Waals surface area contributed by atoms with Crippen LogP contribution in [0.5, 0.6) is 17.2 Å². The van der Waals surface area contributed by atoms with Gasteiger partial charge in [-0.1, -0.05) is 18.2 Å². The summed E-state index contributed by atoms with van der Waals surface area (Å²) in [6.45, 7) is 7.95. The van der Waals surface area contributed by atoms with E-state index in [0.717, 1.165) is 41.3 Å². The third-order valence-electron chi connectivity index (χ3n) is 8.65. The Hall–Kier alpha value is -4.72. The van der Waals surface area contributed by atoms with Crippen LogP contribution in [-0.4, -0.2) is 46.1 Å². The van der Waals surface area contributed by atoms with E-state index in [-0.39, 0.29) is 17.6 Å². The summed E-state index contributed by atoms with van der Waals surface area (Å²) < 4.78 is 16.2. The second-order valence-electron chi connectivity index (χ2n) is 11.1. The molecule has 1 aliphatic heterocycles. The average molecular weight is 596 g/mol. The van der Waals surface area contributed by atoms with Gasteiger partial charge in [0, 0.05) is 59.3 Å². The highest BCUT2D eigenvalue weighted by atomic mass is 16.5. The zero-order valence-electron chi connectivity index (χ0n) is 26.3. The molecule has 0 bridgehead atoms. The van der Waals surface area contributed by atoms with Gasteiger partial charge in [-0.05, 0) is 92.8 Å². The molecule has 1 aliphatic carbocycles. The van der Waals surface area contributed by atoms with Gasteiger partial charge in [0.25, 0.3) is 5.91 Å². The topological polar surface area (TPSA) is 89.1 Å². The Labute approximate surface area is 259 Å². The number of methoxy groups -OCH3 is 3. The lowest BCUT2D eigenvalue weighted by molar-refractivity contribution is -0.116. The standard InChI is InChI=1S/C36H41N3O5/c1-7-39(8-2)27-14-9-23(10-15-27)34-33(36(41)38-26-12-16-28(42-4)17-13-26)22(3)37-29-19-25(20-30(40)35(29)34)24-11-18-31(43-5)32(21-24)44-6/h9-18,21,25,34,37H,7-8,19-20H2,1-6H3,(H,38,41)/t25-,34-/m1/s1. The van der Waals surface area contributed by atoms with Gasteiger partial charge in [0.1, 0.15) is 5.75 Å². The number of amides is 1. The molecule has 230 valence electrons. The highest BCUT2D eigenvalue weighted by Crippen LogP contribution is 2.46. The van der Waals surface area contributed by atoms with E-state index in [1.54, 1.807) is 45.6 Å². The number of hydrogen-bond acceptors (Lipinski definition) is 7. The normalized spacial score (nSPS) is 17.9. The molecule has 1 heterocycles. The second kappa shape index (κ2) is 13.3. The van der Waals surface area contributed by atoms with Gasteiger partial charge >= 0.3 is 0 Å². The first-order valence-electron chi connectivity index (χ1n) is 15.1. The fourth-order valence-electron chi connectivity index (χ4n) is 6.35. The van der Waals surface area contributed by atoms with Crippen molar-refractivity contribution in [2.24, 2.45) is 0 Å². The molecule has 2 atom stereocenters. The smallest absolute Gasteiger partial charge is 0.254 e. The number of nitrogens with zero attached hydrogens (tertiary/aromatic N) is 1. The van der Waals surface area contributed by atoms with Crippen molar-refractivity contribution >= 4 is 23.1 Å². The summed E-state index contributed by atoms with van der Waals surface area (Å²) in [7, 11) is 4.82. The molecule has 0 unspecified atom stereocenters. The van der Waals surface area contributed by atoms with E-state index in [0.29, 0.717) is 46.9 Å². The van der Waals surface area contributed by atoms with Crippen molar-refractivity contribution in [2.75, 3.05) is 44.6 Å². The lowest BCUT2D eigenvalue weighted by atomic mass is 9.71. The molecule has 0 aromatic heterocycles. The third-order valence-corrected chi connectivity index (χ3v) is 8.65. The molecule has 2 N–H and O–H groups in total. The van der Waals surface area contributed by atoms with Crippen molar-refractivity contribution < 1.29 is 23.8 Å². The van der Waals surface area contributed by atoms with Crippen LogP contribution in [-0.2, 0) is 9.59 Å². The molecular weight excluding hydrogens is 554 g/mol. The number of dihydropyridines is 1. The summed E-state index contributed by atoms with van der Waals surface area (Å²) in [4.78, 5) is 30.4. The zero-order valence-corrected chi connectivity index (χ0v) is 26.3. The highest BCUT2D eigenvalue weighted by molar-refractivity contribution is 6.10. The number of ether oxygens (including phenoxy) is 3. The van der Waals surface area contributed by atoms with Crippen LogP contribution >= 0.6 is 0 Å². The molecule has 8 nitrogen and oxygen atoms in total. The molecule has 3 aromatic carbocycles. The summed E-state index contributed by atoms with van der Waals surface area (Å²) in [6.07, 6.45) is 0.964. The predicted molar refractivity (Wildman–Crippen MR) is 174 cm³/mol. The molecule has 0 spiro atoms. The number of rotatable bonds is 10. The summed E-state index contributed by atoms with van der Waals surface area (Å²) in [5.41, 5.74) is 6.45. The Morgan fingerprint density at radius 2 is 1.52 bits per heavy atom. The maximum absolute atomic E-state index is 14.1. The van der Waals surface area contributed by atoms with Crippen LogP contribution in [0.4, 0.5) is 11.4 Å². The Balaban J connectivity index is 1.54. The van der Waals surface area contributed by atoms with Crippen LogP contribution in [0.1, 0.15) is 56.6 Å². The summed E-state index contributed by atoms with van der Waals surface area (Å²) in [6, 6.07) is 21.3. The molecule has 3 aromatic rings. The molecule has 0 radical (unpaired) electrons. The first-order chi connectivity index (χ1) is 21.3. The van der Waals surface area contributed by atoms with Gasteiger partial charge in [0.05, 0.1) is 21.3 Å². The fourth-order valence-corrected chi connectivity index (χ4v) is 6.35. The third kappa shape index (κ3) is 6.02. The van der Waals surface area contributed by atoms with Gasteiger partial charge in [-0.3, -0.25) is 9.59 Å². The average Bonchev–Trinajstić information content (AvgIpc) is 3.04. The highest BCUT2D eigenvalue weighted by Gasteiger charge is 2.41. The molecule has 44 heavy (non-hydrogen) atoms. The summed E-state index contributed by atoms with van der Waals surface area (Å²) in [5, 5.41) is 6.52. The minimum Gasteiger partial charge on any atom is -0.497 e. The van der Waals surface area contributed by atoms with E-state index in [4.69, 9.17) is 14.2 Å². The number of ketones is 1. The first-order valence-corrected chi connectivity index (χ1v) is 15.1. The quantitative estimate of drug-likeness (QED) is 0.274. The fraction of sp³-hybridized carbons (Fsp3) is 0.333. The van der Waals surface area contributed by atoms with Gasteiger partial charge in [-0.15, -0.1) is 0 Å². The number of hydrogen-bond donors (Lipinski definition) is 2. The van der Waals surface area contributed by atoms with Crippen LogP contribution in [0.3, 0.4) is 0 Å². The lowest BCUT2D eigenvalue weighted by Crippen LogP contribution is -2.37. The SMILES string of the molecule is CCN(CC)c1ccc([C@@H]2C(C(=O)Nc3ccc(OC)cc3)=C(C)NC3=C2C(=O)C[C@H](c2ccc(OC)c(OC)c2)C3)cc1. The zero-order chi connectivity index (χ0) is 31.4. The second-order valence-corrected chi connectivity index (χ2v) is 11.1. The van der Waals surface area contributed by atoms with Crippen LogP contribution in [0.2, 0.25) is 0 Å². The number of benzene rings is 3. The number of Topliss-reactive ketones (excluding diaryl/α,β-unsaturated/α-hetero) is 1. The molecule has 5 rings (SSSR count). The Morgan fingerprint density at radius 1 is 0.864 bits per heavy atom. The number of nitrogens with one attached hydrogen (secondary N) is 2. The molecule has 2 aliphatic rings.